The lowest BCUT2D eigenvalue weighted by molar-refractivity contribution is 0.0615. The zero-order valence-electron chi connectivity index (χ0n) is 17.6. The number of aryl methyl sites for hydroxylation is 1. The maximum absolute atomic E-state index is 13.0. The number of nitrogens with one attached hydrogen (secondary N) is 1. The van der Waals surface area contributed by atoms with Crippen molar-refractivity contribution in [2.75, 3.05) is 44.6 Å². The minimum absolute atomic E-state index is 0.0127. The van der Waals surface area contributed by atoms with E-state index in [2.05, 4.69) is 15.2 Å². The third kappa shape index (κ3) is 4.04. The number of carbonyl (C=O) groups is 1. The first-order valence-electron chi connectivity index (χ1n) is 10.4. The topological polar surface area (TPSA) is 86.5 Å². The SMILES string of the molecule is Cn1c(Nc2nc3ccc(Cl)cc3s2)nc2cc(C(=O)N3CCN(CCO)CC3)ccc21. The van der Waals surface area contributed by atoms with Crippen molar-refractivity contribution in [2.24, 2.45) is 7.05 Å². The molecule has 1 aliphatic heterocycles. The standard InChI is InChI=1S/C22H23ClN6O2S/c1-27-18-5-2-14(20(31)29-8-6-28(7-9-29)10-11-30)12-17(18)24-21(27)26-22-25-16-4-3-15(23)13-19(16)32-22/h2-5,12-13,30H,6-11H2,1H3,(H,24,25,26). The Morgan fingerprint density at radius 1 is 1.12 bits per heavy atom. The van der Waals surface area contributed by atoms with Crippen molar-refractivity contribution in [1.29, 1.82) is 0 Å². The molecule has 166 valence electrons. The smallest absolute Gasteiger partial charge is 0.254 e. The number of amides is 1. The first-order valence-corrected chi connectivity index (χ1v) is 11.6. The third-order valence-electron chi connectivity index (χ3n) is 5.77. The lowest BCUT2D eigenvalue weighted by Crippen LogP contribution is -2.49. The summed E-state index contributed by atoms with van der Waals surface area (Å²) in [4.78, 5) is 26.3. The lowest BCUT2D eigenvalue weighted by Gasteiger charge is -2.34. The summed E-state index contributed by atoms with van der Waals surface area (Å²) in [6.45, 7) is 3.67. The molecule has 10 heteroatoms. The van der Waals surface area contributed by atoms with Gasteiger partial charge >= 0.3 is 0 Å². The number of benzene rings is 2. The van der Waals surface area contributed by atoms with Gasteiger partial charge in [0.1, 0.15) is 0 Å². The summed E-state index contributed by atoms with van der Waals surface area (Å²) in [5.41, 5.74) is 3.20. The molecule has 0 spiro atoms. The number of hydrogen-bond donors (Lipinski definition) is 2. The second kappa shape index (κ2) is 8.67. The number of aliphatic hydroxyl groups is 1. The summed E-state index contributed by atoms with van der Waals surface area (Å²) in [6.07, 6.45) is 0. The molecule has 1 fully saturated rings. The van der Waals surface area contributed by atoms with Crippen molar-refractivity contribution in [1.82, 2.24) is 24.3 Å². The number of fused-ring (bicyclic) bond motifs is 2. The normalized spacial score (nSPS) is 15.0. The Hall–Kier alpha value is -2.72. The van der Waals surface area contributed by atoms with Crippen LogP contribution in [0.15, 0.2) is 36.4 Å². The molecule has 1 saturated heterocycles. The first kappa shape index (κ1) is 21.1. The lowest BCUT2D eigenvalue weighted by atomic mass is 10.1. The second-order valence-electron chi connectivity index (χ2n) is 7.81. The molecule has 1 amide bonds. The van der Waals surface area contributed by atoms with Gasteiger partial charge < -0.3 is 19.9 Å². The summed E-state index contributed by atoms with van der Waals surface area (Å²) in [7, 11) is 1.93. The van der Waals surface area contributed by atoms with Gasteiger partial charge in [0.05, 0.1) is 27.9 Å². The van der Waals surface area contributed by atoms with Crippen molar-refractivity contribution >= 4 is 61.2 Å². The molecular weight excluding hydrogens is 448 g/mol. The van der Waals surface area contributed by atoms with Gasteiger partial charge in [-0.25, -0.2) is 9.97 Å². The third-order valence-corrected chi connectivity index (χ3v) is 6.94. The molecule has 0 radical (unpaired) electrons. The zero-order valence-corrected chi connectivity index (χ0v) is 19.2. The van der Waals surface area contributed by atoms with Gasteiger partial charge in [0.25, 0.3) is 5.91 Å². The number of rotatable bonds is 5. The van der Waals surface area contributed by atoms with Crippen LogP contribution in [-0.2, 0) is 7.05 Å². The van der Waals surface area contributed by atoms with Crippen molar-refractivity contribution in [3.8, 4) is 0 Å². The van der Waals surface area contributed by atoms with Crippen LogP contribution in [0.4, 0.5) is 11.1 Å². The van der Waals surface area contributed by atoms with E-state index in [9.17, 15) is 4.79 Å². The summed E-state index contributed by atoms with van der Waals surface area (Å²) in [5, 5.41) is 13.8. The number of imidazole rings is 1. The number of hydrogen-bond acceptors (Lipinski definition) is 7. The minimum atomic E-state index is 0.0127. The largest absolute Gasteiger partial charge is 0.395 e. The van der Waals surface area contributed by atoms with Gasteiger partial charge in [0.15, 0.2) is 5.13 Å². The van der Waals surface area contributed by atoms with E-state index in [0.717, 1.165) is 39.5 Å². The van der Waals surface area contributed by atoms with Crippen LogP contribution in [0, 0.1) is 0 Å². The van der Waals surface area contributed by atoms with Gasteiger partial charge in [-0.2, -0.15) is 0 Å². The quantitative estimate of drug-likeness (QED) is 0.465. The molecule has 2 aromatic heterocycles. The van der Waals surface area contributed by atoms with Crippen LogP contribution in [-0.4, -0.2) is 74.7 Å². The highest BCUT2D eigenvalue weighted by Gasteiger charge is 2.22. The van der Waals surface area contributed by atoms with Crippen LogP contribution in [0.2, 0.25) is 5.02 Å². The van der Waals surface area contributed by atoms with Gasteiger partial charge in [0, 0.05) is 50.4 Å². The average Bonchev–Trinajstić information content (AvgIpc) is 3.33. The summed E-state index contributed by atoms with van der Waals surface area (Å²) in [6, 6.07) is 11.3. The Morgan fingerprint density at radius 3 is 2.72 bits per heavy atom. The van der Waals surface area contributed by atoms with E-state index in [1.807, 2.05) is 52.9 Å². The van der Waals surface area contributed by atoms with Gasteiger partial charge in [0.2, 0.25) is 5.95 Å². The molecule has 8 nitrogen and oxygen atoms in total. The molecule has 0 bridgehead atoms. The molecule has 0 unspecified atom stereocenters. The Balaban J connectivity index is 1.36. The van der Waals surface area contributed by atoms with Crippen LogP contribution in [0.25, 0.3) is 21.3 Å². The van der Waals surface area contributed by atoms with Crippen LogP contribution < -0.4 is 5.32 Å². The van der Waals surface area contributed by atoms with E-state index in [-0.39, 0.29) is 12.5 Å². The van der Waals surface area contributed by atoms with Crippen molar-refractivity contribution in [2.45, 2.75) is 0 Å². The molecule has 0 atom stereocenters. The Morgan fingerprint density at radius 2 is 1.94 bits per heavy atom. The highest BCUT2D eigenvalue weighted by Crippen LogP contribution is 2.31. The molecule has 4 aromatic rings. The molecule has 0 aliphatic carbocycles. The fourth-order valence-corrected chi connectivity index (χ4v) is 5.13. The van der Waals surface area contributed by atoms with Gasteiger partial charge in [-0.3, -0.25) is 9.69 Å². The fourth-order valence-electron chi connectivity index (χ4n) is 3.99. The molecule has 2 N–H and O–H groups in total. The summed E-state index contributed by atoms with van der Waals surface area (Å²) in [5.74, 6) is 0.672. The number of aromatic nitrogens is 3. The van der Waals surface area contributed by atoms with Gasteiger partial charge in [-0.1, -0.05) is 22.9 Å². The molecule has 3 heterocycles. The average molecular weight is 471 g/mol. The number of piperazine rings is 1. The molecule has 1 aliphatic rings. The number of thiazole rings is 1. The maximum atomic E-state index is 13.0. The van der Waals surface area contributed by atoms with Gasteiger partial charge in [-0.05, 0) is 36.4 Å². The number of anilines is 2. The number of carbonyl (C=O) groups excluding carboxylic acids is 1. The van der Waals surface area contributed by atoms with Crippen LogP contribution >= 0.6 is 22.9 Å². The van der Waals surface area contributed by atoms with Crippen LogP contribution in [0.5, 0.6) is 0 Å². The molecule has 32 heavy (non-hydrogen) atoms. The number of halogens is 1. The summed E-state index contributed by atoms with van der Waals surface area (Å²) >= 11 is 7.60. The number of aliphatic hydroxyl groups excluding tert-OH is 1. The number of β-amino-alcohol motifs (C(OH)–C–C–N with tert-alkyl or cyclic N) is 1. The van der Waals surface area contributed by atoms with Crippen molar-refractivity contribution < 1.29 is 9.90 Å². The van der Waals surface area contributed by atoms with Gasteiger partial charge in [-0.15, -0.1) is 0 Å². The van der Waals surface area contributed by atoms with E-state index >= 15 is 0 Å². The van der Waals surface area contributed by atoms with Crippen LogP contribution in [0.3, 0.4) is 0 Å². The van der Waals surface area contributed by atoms with E-state index in [1.165, 1.54) is 11.3 Å². The zero-order chi connectivity index (χ0) is 22.2. The monoisotopic (exact) mass is 470 g/mol. The maximum Gasteiger partial charge on any atom is 0.254 e. The van der Waals surface area contributed by atoms with Crippen molar-refractivity contribution in [3.63, 3.8) is 0 Å². The first-order chi connectivity index (χ1) is 15.5. The second-order valence-corrected chi connectivity index (χ2v) is 9.28. The highest BCUT2D eigenvalue weighted by atomic mass is 35.5. The Kier molecular flexibility index (Phi) is 5.73. The Bertz CT molecular complexity index is 1290. The molecular formula is C22H23ClN6O2S. The van der Waals surface area contributed by atoms with E-state index in [4.69, 9.17) is 21.7 Å². The fraction of sp³-hybridized carbons (Fsp3) is 0.318. The number of nitrogens with zero attached hydrogens (tertiary/aromatic N) is 5. The molecule has 5 rings (SSSR count). The highest BCUT2D eigenvalue weighted by molar-refractivity contribution is 7.22. The molecule has 0 saturated carbocycles. The predicted molar refractivity (Wildman–Crippen MR) is 128 cm³/mol. The van der Waals surface area contributed by atoms with Crippen molar-refractivity contribution in [3.05, 3.63) is 47.0 Å². The predicted octanol–water partition coefficient (Wildman–Crippen LogP) is 3.33. The Labute approximate surface area is 194 Å². The van der Waals surface area contributed by atoms with Crippen LogP contribution in [0.1, 0.15) is 10.4 Å². The van der Waals surface area contributed by atoms with E-state index in [0.29, 0.717) is 36.2 Å². The minimum Gasteiger partial charge on any atom is -0.395 e. The molecule has 2 aromatic carbocycles. The summed E-state index contributed by atoms with van der Waals surface area (Å²) < 4.78 is 2.96. The van der Waals surface area contributed by atoms with E-state index in [1.54, 1.807) is 0 Å². The van der Waals surface area contributed by atoms with E-state index < -0.39 is 0 Å².